The normalized spacial score (nSPS) is 17.2. The molecule has 8 aromatic rings. The van der Waals surface area contributed by atoms with Crippen LogP contribution in [-0.2, 0) is 0 Å². The molecule has 0 spiro atoms. The molecule has 0 aliphatic carbocycles. The van der Waals surface area contributed by atoms with E-state index in [1.54, 1.807) is 24.3 Å². The first-order chi connectivity index (χ1) is 25.1. The predicted octanol–water partition coefficient (Wildman–Crippen LogP) is 9.55. The molecule has 2 heteroatoms. The van der Waals surface area contributed by atoms with Gasteiger partial charge in [-0.1, -0.05) is 103 Å². The summed E-state index contributed by atoms with van der Waals surface area (Å²) in [5, 5.41) is -0.773. The molecule has 8 rings (SSSR count). The highest BCUT2D eigenvalue weighted by molar-refractivity contribution is 6.12. The third-order valence-corrected chi connectivity index (χ3v) is 6.63. The maximum atomic E-state index is 9.75. The van der Waals surface area contributed by atoms with Crippen molar-refractivity contribution >= 4 is 43.6 Å². The van der Waals surface area contributed by atoms with E-state index in [2.05, 4.69) is 0 Å². The van der Waals surface area contributed by atoms with Crippen LogP contribution in [0.15, 0.2) is 145 Å². The van der Waals surface area contributed by atoms with Crippen molar-refractivity contribution in [3.8, 4) is 22.5 Å². The number of hydrogen-bond acceptors (Lipinski definition) is 0. The number of fused-ring (bicyclic) bond motifs is 6. The zero-order chi connectivity index (χ0) is 38.1. The summed E-state index contributed by atoms with van der Waals surface area (Å²) in [5.74, 6) is 0. The Morgan fingerprint density at radius 2 is 0.868 bits per heavy atom. The molecular weight excluding hydrogens is 460 g/mol. The van der Waals surface area contributed by atoms with Gasteiger partial charge >= 0.3 is 0 Å². The van der Waals surface area contributed by atoms with Crippen molar-refractivity contribution < 1.29 is 20.6 Å². The van der Waals surface area contributed by atoms with Crippen LogP contribution in [0.2, 0.25) is 0 Å². The summed E-state index contributed by atoms with van der Waals surface area (Å²) in [5.41, 5.74) is 0.771. The van der Waals surface area contributed by atoms with Gasteiger partial charge < -0.3 is 9.13 Å². The van der Waals surface area contributed by atoms with E-state index in [-0.39, 0.29) is 43.6 Å². The molecule has 38 heavy (non-hydrogen) atoms. The lowest BCUT2D eigenvalue weighted by molar-refractivity contribution is 1.15. The van der Waals surface area contributed by atoms with Crippen LogP contribution >= 0.6 is 0 Å². The van der Waals surface area contributed by atoms with E-state index in [9.17, 15) is 4.11 Å². The Kier molecular flexibility index (Phi) is 2.41. The number of aromatic nitrogens is 2. The van der Waals surface area contributed by atoms with Gasteiger partial charge in [-0.3, -0.25) is 0 Å². The molecule has 0 radical (unpaired) electrons. The number of benzene rings is 6. The van der Waals surface area contributed by atoms with Crippen molar-refractivity contribution in [2.75, 3.05) is 0 Å². The second-order valence-corrected chi connectivity index (χ2v) is 8.70. The Hall–Kier alpha value is -5.08. The number of nitrogens with zero attached hydrogens (tertiary/aromatic N) is 2. The average molecular weight is 500 g/mol. The fourth-order valence-electron chi connectivity index (χ4n) is 4.95. The Morgan fingerprint density at radius 1 is 0.395 bits per heavy atom. The molecular formula is C36H24N2. The summed E-state index contributed by atoms with van der Waals surface area (Å²) in [4.78, 5) is 0. The summed E-state index contributed by atoms with van der Waals surface area (Å²) >= 11 is 0. The summed E-state index contributed by atoms with van der Waals surface area (Å²) in [7, 11) is 0. The molecule has 0 atom stereocenters. The average Bonchev–Trinajstić information content (AvgIpc) is 3.71. The lowest BCUT2D eigenvalue weighted by atomic mass is 10.1. The Morgan fingerprint density at radius 3 is 1.45 bits per heavy atom. The molecule has 0 aliphatic heterocycles. The molecule has 2 aromatic heterocycles. The minimum atomic E-state index is -0.691. The largest absolute Gasteiger partial charge is 0.309 e. The van der Waals surface area contributed by atoms with Crippen LogP contribution in [0, 0.1) is 0 Å². The van der Waals surface area contributed by atoms with Gasteiger partial charge in [-0.15, -0.1) is 0 Å². The van der Waals surface area contributed by atoms with Crippen LogP contribution in [-0.4, -0.2) is 9.13 Å². The van der Waals surface area contributed by atoms with E-state index in [0.29, 0.717) is 5.69 Å². The molecule has 0 aliphatic rings. The minimum Gasteiger partial charge on any atom is -0.309 e. The smallest absolute Gasteiger partial charge is 0.0667 e. The van der Waals surface area contributed by atoms with E-state index >= 15 is 0 Å². The quantitative estimate of drug-likeness (QED) is 0.229. The van der Waals surface area contributed by atoms with Crippen LogP contribution in [0.3, 0.4) is 0 Å². The first kappa shape index (κ1) is 11.1. The Balaban J connectivity index is 1.63. The monoisotopic (exact) mass is 499 g/mol. The van der Waals surface area contributed by atoms with Crippen LogP contribution in [0.25, 0.3) is 66.1 Å². The maximum absolute atomic E-state index is 9.75. The van der Waals surface area contributed by atoms with Gasteiger partial charge in [0.1, 0.15) is 0 Å². The summed E-state index contributed by atoms with van der Waals surface area (Å²) in [6, 6.07) is 7.35. The van der Waals surface area contributed by atoms with Gasteiger partial charge in [-0.25, -0.2) is 0 Å². The Bertz CT molecular complexity index is 2850. The van der Waals surface area contributed by atoms with E-state index in [1.807, 2.05) is 30.3 Å². The molecule has 2 heterocycles. The van der Waals surface area contributed by atoms with Gasteiger partial charge in [0.25, 0.3) is 0 Å². The van der Waals surface area contributed by atoms with Crippen LogP contribution < -0.4 is 0 Å². The summed E-state index contributed by atoms with van der Waals surface area (Å²) in [6.45, 7) is 0. The van der Waals surface area contributed by atoms with Crippen molar-refractivity contribution in [3.63, 3.8) is 0 Å². The van der Waals surface area contributed by atoms with Gasteiger partial charge in [-0.2, -0.15) is 0 Å². The number of para-hydroxylation sites is 3. The second kappa shape index (κ2) is 8.22. The molecule has 178 valence electrons. The van der Waals surface area contributed by atoms with E-state index in [4.69, 9.17) is 16.4 Å². The zero-order valence-corrected chi connectivity index (χ0v) is 19.6. The summed E-state index contributed by atoms with van der Waals surface area (Å²) < 4.78 is 135. The molecule has 0 bridgehead atoms. The van der Waals surface area contributed by atoms with E-state index in [1.165, 1.54) is 4.57 Å². The van der Waals surface area contributed by atoms with Gasteiger partial charge in [0.15, 0.2) is 0 Å². The lowest BCUT2D eigenvalue weighted by Crippen LogP contribution is -1.97. The molecule has 0 fully saturated rings. The van der Waals surface area contributed by atoms with Crippen LogP contribution in [0.4, 0.5) is 0 Å². The fourth-order valence-corrected chi connectivity index (χ4v) is 4.95. The van der Waals surface area contributed by atoms with E-state index < -0.39 is 96.3 Å². The van der Waals surface area contributed by atoms with Gasteiger partial charge in [0, 0.05) is 32.9 Å². The first-order valence-electron chi connectivity index (χ1n) is 19.3. The van der Waals surface area contributed by atoms with Crippen molar-refractivity contribution in [2.45, 2.75) is 0 Å². The van der Waals surface area contributed by atoms with Crippen LogP contribution in [0.5, 0.6) is 0 Å². The third-order valence-electron chi connectivity index (χ3n) is 6.63. The molecule has 0 saturated carbocycles. The van der Waals surface area contributed by atoms with Crippen molar-refractivity contribution in [2.24, 2.45) is 0 Å². The molecule has 0 N–H and O–H groups in total. The van der Waals surface area contributed by atoms with Crippen LogP contribution in [0.1, 0.15) is 20.6 Å². The van der Waals surface area contributed by atoms with Gasteiger partial charge in [0.2, 0.25) is 0 Å². The standard InChI is InChI=1S/C36H24N2/c1-2-10-25(11-3-1)26-18-20-27(21-19-26)37-33-15-7-6-14-31(33)32-23-22-28(24-36(32)37)38-34-16-8-4-12-29(34)30-13-5-9-17-35(30)38/h1-24H/i4D,5D,6D,7D,8D,9D,12D,13D,14D,15D,16D,17D,22D,23D,24D. The molecule has 0 saturated heterocycles. The van der Waals surface area contributed by atoms with E-state index in [0.717, 1.165) is 15.7 Å². The maximum Gasteiger partial charge on any atom is 0.0667 e. The lowest BCUT2D eigenvalue weighted by Gasteiger charge is -2.12. The molecule has 6 aromatic carbocycles. The Labute approximate surface area is 241 Å². The summed E-state index contributed by atoms with van der Waals surface area (Å²) in [6.07, 6.45) is 0. The molecule has 0 unspecified atom stereocenters. The number of hydrogen-bond donors (Lipinski definition) is 0. The van der Waals surface area contributed by atoms with Gasteiger partial charge in [-0.05, 0) is 53.5 Å². The van der Waals surface area contributed by atoms with Crippen molar-refractivity contribution in [1.29, 1.82) is 0 Å². The van der Waals surface area contributed by atoms with Crippen molar-refractivity contribution in [1.82, 2.24) is 9.13 Å². The predicted molar refractivity (Wildman–Crippen MR) is 161 cm³/mol. The van der Waals surface area contributed by atoms with Gasteiger partial charge in [0.05, 0.1) is 42.6 Å². The number of rotatable bonds is 3. The van der Waals surface area contributed by atoms with Crippen molar-refractivity contribution in [3.05, 3.63) is 145 Å². The first-order valence-corrected chi connectivity index (χ1v) is 11.8. The second-order valence-electron chi connectivity index (χ2n) is 8.70. The highest BCUT2D eigenvalue weighted by Crippen LogP contribution is 2.37. The highest BCUT2D eigenvalue weighted by atomic mass is 15.0. The fraction of sp³-hybridized carbons (Fsp3) is 0. The highest BCUT2D eigenvalue weighted by Gasteiger charge is 2.16. The molecule has 0 amide bonds. The minimum absolute atomic E-state index is 0.0666. The topological polar surface area (TPSA) is 9.86 Å². The third kappa shape index (κ3) is 3.07. The zero-order valence-electron chi connectivity index (χ0n) is 34.6. The molecule has 2 nitrogen and oxygen atoms in total. The SMILES string of the molecule is [2H]c1c([2H])c([2H])c2c(c1[2H])c1c([2H])c([2H])c(-n3c4c([2H])c([2H])c([2H])c([2H])c4c4c([2H])c([2H])c([2H])c([2H])c43)c([2H])c1n2-c1ccc(-c2ccccc2)cc1.